The van der Waals surface area contributed by atoms with Crippen LogP contribution in [0, 0.1) is 5.92 Å². The normalized spacial score (nSPS) is 22.7. The third-order valence-electron chi connectivity index (χ3n) is 5.51. The molecule has 0 bridgehead atoms. The van der Waals surface area contributed by atoms with Gasteiger partial charge in [-0.1, -0.05) is 36.4 Å². The van der Waals surface area contributed by atoms with Crippen LogP contribution in [-0.2, 0) is 31.3 Å². The van der Waals surface area contributed by atoms with Gasteiger partial charge in [-0.3, -0.25) is 14.3 Å². The lowest BCUT2D eigenvalue weighted by molar-refractivity contribution is -0.328. The highest BCUT2D eigenvalue weighted by Crippen LogP contribution is 2.50. The monoisotopic (exact) mass is 415 g/mol. The molecule has 6 nitrogen and oxygen atoms in total. The molecule has 2 unspecified atom stereocenters. The molecule has 30 heavy (non-hydrogen) atoms. The van der Waals surface area contributed by atoms with E-state index in [0.717, 1.165) is 0 Å². The maximum absolute atomic E-state index is 13.4. The van der Waals surface area contributed by atoms with Crippen molar-refractivity contribution in [1.29, 1.82) is 0 Å². The number of carboxylic acid groups (broad SMARTS) is 1. The number of hydrogen-bond donors (Lipinski definition) is 1. The highest BCUT2D eigenvalue weighted by atomic mass is 19.3. The number of amides is 1. The molecule has 8 heteroatoms. The fraction of sp³-hybridized carbons (Fsp3) is 0.273. The molecular formula is C22H19F2NO5. The Hall–Kier alpha value is -3.10. The first kappa shape index (κ1) is 20.2. The quantitative estimate of drug-likeness (QED) is 0.732. The molecule has 1 amide bonds. The van der Waals surface area contributed by atoms with Gasteiger partial charge in [0, 0.05) is 30.5 Å². The smallest absolute Gasteiger partial charge is 0.347 e. The van der Waals surface area contributed by atoms with Crippen molar-refractivity contribution in [3.8, 4) is 0 Å². The molecule has 2 aromatic carbocycles. The van der Waals surface area contributed by atoms with E-state index >= 15 is 0 Å². The molecular weight excluding hydrogens is 396 g/mol. The van der Waals surface area contributed by atoms with Gasteiger partial charge < -0.3 is 14.7 Å². The molecule has 1 aliphatic carbocycles. The molecule has 2 aromatic rings. The number of nitrogens with zero attached hydrogens (tertiary/aromatic N) is 1. The molecule has 0 saturated carbocycles. The van der Waals surface area contributed by atoms with Gasteiger partial charge in [0.15, 0.2) is 0 Å². The highest BCUT2D eigenvalue weighted by molar-refractivity contribution is 6.12. The summed E-state index contributed by atoms with van der Waals surface area (Å²) in [6.07, 6.45) is 1.56. The molecule has 1 heterocycles. The molecule has 1 fully saturated rings. The summed E-state index contributed by atoms with van der Waals surface area (Å²) in [5, 5.41) is 8.91. The zero-order valence-electron chi connectivity index (χ0n) is 16.0. The van der Waals surface area contributed by atoms with Crippen LogP contribution in [0.4, 0.5) is 14.5 Å². The number of rotatable bonds is 6. The van der Waals surface area contributed by atoms with Crippen LogP contribution in [0.5, 0.6) is 0 Å². The molecule has 1 N–H and O–H groups in total. The molecule has 1 saturated heterocycles. The molecule has 2 aliphatic rings. The Morgan fingerprint density at radius 2 is 1.93 bits per heavy atom. The zero-order valence-corrected chi connectivity index (χ0v) is 16.0. The number of carbonyl (C=O) groups is 2. The summed E-state index contributed by atoms with van der Waals surface area (Å²) in [7, 11) is 1.29. The second kappa shape index (κ2) is 7.62. The summed E-state index contributed by atoms with van der Waals surface area (Å²) in [6.45, 7) is -3.02. The largest absolute Gasteiger partial charge is 0.481 e. The summed E-state index contributed by atoms with van der Waals surface area (Å²) in [5.74, 6) is -3.86. The van der Waals surface area contributed by atoms with Crippen molar-refractivity contribution in [2.45, 2.75) is 18.8 Å². The number of methoxy groups -OCH3 is 1. The van der Waals surface area contributed by atoms with Crippen molar-refractivity contribution in [2.24, 2.45) is 5.92 Å². The van der Waals surface area contributed by atoms with Crippen LogP contribution < -0.4 is 4.90 Å². The van der Waals surface area contributed by atoms with Crippen LogP contribution in [-0.4, -0.2) is 37.2 Å². The van der Waals surface area contributed by atoms with Gasteiger partial charge in [0.25, 0.3) is 5.91 Å². The Bertz CT molecular complexity index is 1020. The molecule has 0 aromatic heterocycles. The first-order valence-corrected chi connectivity index (χ1v) is 9.30. The predicted molar refractivity (Wildman–Crippen MR) is 104 cm³/mol. The van der Waals surface area contributed by atoms with E-state index in [0.29, 0.717) is 28.0 Å². The van der Waals surface area contributed by atoms with Crippen LogP contribution in [0.1, 0.15) is 16.7 Å². The average Bonchev–Trinajstić information content (AvgIpc) is 3.04. The molecule has 2 atom stereocenters. The number of carbonyl (C=O) groups excluding carboxylic acids is 1. The van der Waals surface area contributed by atoms with E-state index in [1.165, 1.54) is 12.0 Å². The van der Waals surface area contributed by atoms with E-state index in [1.54, 1.807) is 54.6 Å². The number of halogens is 2. The van der Waals surface area contributed by atoms with Crippen molar-refractivity contribution in [1.82, 2.24) is 0 Å². The third kappa shape index (κ3) is 3.28. The first-order valence-electron chi connectivity index (χ1n) is 9.30. The number of hydrogen-bond acceptors (Lipinski definition) is 4. The lowest BCUT2D eigenvalue weighted by Crippen LogP contribution is -2.45. The van der Waals surface area contributed by atoms with Gasteiger partial charge in [-0.2, -0.15) is 8.78 Å². The third-order valence-corrected chi connectivity index (χ3v) is 5.51. The number of benzene rings is 2. The summed E-state index contributed by atoms with van der Waals surface area (Å²) in [6, 6.07) is 13.4. The van der Waals surface area contributed by atoms with E-state index in [1.807, 2.05) is 0 Å². The van der Waals surface area contributed by atoms with Crippen molar-refractivity contribution >= 4 is 23.6 Å². The van der Waals surface area contributed by atoms with Gasteiger partial charge in [0.1, 0.15) is 0 Å². The second-order valence-corrected chi connectivity index (χ2v) is 7.14. The molecule has 1 aliphatic heterocycles. The van der Waals surface area contributed by atoms with Crippen molar-refractivity contribution < 1.29 is 33.0 Å². The van der Waals surface area contributed by atoms with E-state index < -0.39 is 24.3 Å². The van der Waals surface area contributed by atoms with E-state index in [2.05, 4.69) is 0 Å². The Morgan fingerprint density at radius 1 is 1.23 bits per heavy atom. The van der Waals surface area contributed by atoms with Crippen LogP contribution in [0.2, 0.25) is 0 Å². The molecule has 156 valence electrons. The van der Waals surface area contributed by atoms with Gasteiger partial charge in [-0.25, -0.2) is 0 Å². The lowest BCUT2D eigenvalue weighted by atomic mass is 9.79. The number of ether oxygens (including phenoxy) is 2. The summed E-state index contributed by atoms with van der Waals surface area (Å²) < 4.78 is 37.4. The Kier molecular flexibility index (Phi) is 5.13. The lowest BCUT2D eigenvalue weighted by Gasteiger charge is -2.40. The van der Waals surface area contributed by atoms with Gasteiger partial charge in [-0.05, 0) is 29.3 Å². The Balaban J connectivity index is 1.74. The van der Waals surface area contributed by atoms with Crippen molar-refractivity contribution in [2.75, 3.05) is 18.6 Å². The highest BCUT2D eigenvalue weighted by Gasteiger charge is 2.55. The first-order chi connectivity index (χ1) is 14.4. The molecule has 4 rings (SSSR count). The van der Waals surface area contributed by atoms with Crippen LogP contribution >= 0.6 is 0 Å². The minimum atomic E-state index is -3.10. The maximum Gasteiger partial charge on any atom is 0.347 e. The fourth-order valence-electron chi connectivity index (χ4n) is 4.22. The summed E-state index contributed by atoms with van der Waals surface area (Å²) in [4.78, 5) is 25.5. The number of fused-ring (bicyclic) bond motifs is 2. The number of alkyl halides is 2. The topological polar surface area (TPSA) is 76.1 Å². The molecule has 0 spiro atoms. The number of anilines is 1. The van der Waals surface area contributed by atoms with E-state index in [9.17, 15) is 18.4 Å². The van der Waals surface area contributed by atoms with E-state index in [4.69, 9.17) is 14.6 Å². The Labute approximate surface area is 171 Å². The summed E-state index contributed by atoms with van der Waals surface area (Å²) in [5.41, 5.74) is 2.47. The zero-order chi connectivity index (χ0) is 21.5. The maximum atomic E-state index is 13.4. The van der Waals surface area contributed by atoms with Crippen LogP contribution in [0.15, 0.2) is 54.1 Å². The number of aliphatic carboxylic acids is 1. The summed E-state index contributed by atoms with van der Waals surface area (Å²) >= 11 is 0. The fourth-order valence-corrected chi connectivity index (χ4v) is 4.22. The van der Waals surface area contributed by atoms with E-state index in [-0.39, 0.29) is 18.9 Å². The van der Waals surface area contributed by atoms with Crippen LogP contribution in [0.25, 0.3) is 6.08 Å². The predicted octanol–water partition coefficient (Wildman–Crippen LogP) is 3.41. The van der Waals surface area contributed by atoms with Crippen molar-refractivity contribution in [3.63, 3.8) is 0 Å². The number of carboxylic acids is 1. The minimum Gasteiger partial charge on any atom is -0.481 e. The van der Waals surface area contributed by atoms with Gasteiger partial charge in [-0.15, -0.1) is 0 Å². The van der Waals surface area contributed by atoms with Crippen LogP contribution in [0.3, 0.4) is 0 Å². The SMILES string of the molecule is COC1(OC(F)F)c2ccccc2C=C2C(=O)N(c3ccc(CC(=O)O)cc3)CC21. The van der Waals surface area contributed by atoms with Gasteiger partial charge >= 0.3 is 12.6 Å². The van der Waals surface area contributed by atoms with Gasteiger partial charge in [0.05, 0.1) is 12.3 Å². The second-order valence-electron chi connectivity index (χ2n) is 7.14. The minimum absolute atomic E-state index is 0.0812. The standard InChI is InChI=1S/C22H19F2NO5/c1-29-22(30-21(23)24)17-5-3-2-4-14(17)11-16-18(22)12-25(20(16)28)15-8-6-13(7-9-15)10-19(26)27/h2-9,11,18,21H,10,12H2,1H3,(H,26,27). The van der Waals surface area contributed by atoms with Gasteiger partial charge in [0.2, 0.25) is 5.79 Å². The molecule has 0 radical (unpaired) electrons. The Morgan fingerprint density at radius 3 is 2.57 bits per heavy atom. The van der Waals surface area contributed by atoms with Crippen molar-refractivity contribution in [3.05, 3.63) is 70.8 Å². The average molecular weight is 415 g/mol.